The van der Waals surface area contributed by atoms with Crippen molar-refractivity contribution < 1.29 is 14.3 Å². The maximum Gasteiger partial charge on any atom is 0.323 e. The number of carbonyl (C=O) groups excluding carboxylic acids is 1. The summed E-state index contributed by atoms with van der Waals surface area (Å²) < 4.78 is 11.2. The van der Waals surface area contributed by atoms with Gasteiger partial charge in [0.1, 0.15) is 11.5 Å². The van der Waals surface area contributed by atoms with Gasteiger partial charge in [0.25, 0.3) is 0 Å². The zero-order valence-corrected chi connectivity index (χ0v) is 17.9. The Labute approximate surface area is 173 Å². The van der Waals surface area contributed by atoms with Gasteiger partial charge in [0.2, 0.25) is 0 Å². The van der Waals surface area contributed by atoms with E-state index in [2.05, 4.69) is 49.0 Å². The molecule has 1 unspecified atom stereocenters. The van der Waals surface area contributed by atoms with E-state index in [1.54, 1.807) is 6.92 Å². The van der Waals surface area contributed by atoms with E-state index in [4.69, 9.17) is 9.47 Å². The standard InChI is InChI=1S/C24H30O3S/c1-17(2)26-21-11-7-19(8-12-21)24(15-5-4-6-16-24)20-9-13-22(14-10-20)27-23(25)18(3)28/h7-14,17-18,28H,4-6,15-16H2,1-3H3. The van der Waals surface area contributed by atoms with Gasteiger partial charge in [-0.3, -0.25) is 4.79 Å². The summed E-state index contributed by atoms with van der Waals surface area (Å²) in [5, 5.41) is -0.434. The van der Waals surface area contributed by atoms with Gasteiger partial charge in [0.05, 0.1) is 11.4 Å². The molecule has 0 N–H and O–H groups in total. The zero-order valence-electron chi connectivity index (χ0n) is 17.0. The van der Waals surface area contributed by atoms with Gasteiger partial charge in [-0.15, -0.1) is 0 Å². The molecule has 1 saturated carbocycles. The molecule has 0 aliphatic heterocycles. The number of ether oxygens (including phenoxy) is 2. The van der Waals surface area contributed by atoms with Gasteiger partial charge in [0.15, 0.2) is 0 Å². The van der Waals surface area contributed by atoms with Crippen LogP contribution >= 0.6 is 12.6 Å². The second-order valence-electron chi connectivity index (χ2n) is 7.96. The number of thiol groups is 1. The van der Waals surface area contributed by atoms with Crippen molar-refractivity contribution in [2.24, 2.45) is 0 Å². The fraction of sp³-hybridized carbons (Fsp3) is 0.458. The summed E-state index contributed by atoms with van der Waals surface area (Å²) in [7, 11) is 0. The lowest BCUT2D eigenvalue weighted by Crippen LogP contribution is -2.30. The Balaban J connectivity index is 1.88. The molecule has 0 heterocycles. The molecule has 150 valence electrons. The molecule has 0 saturated heterocycles. The molecule has 0 amide bonds. The average molecular weight is 399 g/mol. The molecular formula is C24H30O3S. The predicted molar refractivity (Wildman–Crippen MR) is 117 cm³/mol. The van der Waals surface area contributed by atoms with Crippen LogP contribution < -0.4 is 9.47 Å². The SMILES string of the molecule is CC(C)Oc1ccc(C2(c3ccc(OC(=O)C(C)S)cc3)CCCCC2)cc1. The van der Waals surface area contributed by atoms with Crippen LogP contribution in [0.4, 0.5) is 0 Å². The van der Waals surface area contributed by atoms with Crippen LogP contribution in [0.2, 0.25) is 0 Å². The van der Waals surface area contributed by atoms with Crippen LogP contribution in [-0.4, -0.2) is 17.3 Å². The van der Waals surface area contributed by atoms with Gasteiger partial charge < -0.3 is 9.47 Å². The normalized spacial score (nSPS) is 17.2. The molecule has 28 heavy (non-hydrogen) atoms. The van der Waals surface area contributed by atoms with Crippen molar-refractivity contribution in [3.05, 3.63) is 59.7 Å². The second kappa shape index (κ2) is 9.04. The Morgan fingerprint density at radius 3 is 1.82 bits per heavy atom. The molecular weight excluding hydrogens is 368 g/mol. The van der Waals surface area contributed by atoms with E-state index in [0.29, 0.717) is 5.75 Å². The lowest BCUT2D eigenvalue weighted by Gasteiger charge is -2.38. The van der Waals surface area contributed by atoms with Crippen LogP contribution in [0.1, 0.15) is 64.0 Å². The van der Waals surface area contributed by atoms with E-state index in [1.807, 2.05) is 26.0 Å². The monoisotopic (exact) mass is 398 g/mol. The third kappa shape index (κ3) is 4.72. The van der Waals surface area contributed by atoms with Crippen molar-refractivity contribution in [3.63, 3.8) is 0 Å². The van der Waals surface area contributed by atoms with E-state index >= 15 is 0 Å². The minimum atomic E-state index is -0.434. The Kier molecular flexibility index (Phi) is 6.71. The first-order valence-electron chi connectivity index (χ1n) is 10.2. The molecule has 1 aliphatic rings. The summed E-state index contributed by atoms with van der Waals surface area (Å²) >= 11 is 4.13. The molecule has 3 rings (SSSR count). The number of benzene rings is 2. The Bertz CT molecular complexity index is 773. The van der Waals surface area contributed by atoms with Crippen LogP contribution in [0, 0.1) is 0 Å². The summed E-state index contributed by atoms with van der Waals surface area (Å²) in [6, 6.07) is 16.6. The number of esters is 1. The highest BCUT2D eigenvalue weighted by Crippen LogP contribution is 2.45. The molecule has 0 radical (unpaired) electrons. The Hall–Kier alpha value is -1.94. The third-order valence-corrected chi connectivity index (χ3v) is 5.66. The second-order valence-corrected chi connectivity index (χ2v) is 8.73. The zero-order chi connectivity index (χ0) is 20.1. The first-order valence-corrected chi connectivity index (χ1v) is 10.7. The minimum Gasteiger partial charge on any atom is -0.491 e. The quantitative estimate of drug-likeness (QED) is 0.371. The van der Waals surface area contributed by atoms with Crippen LogP contribution in [0.25, 0.3) is 0 Å². The first kappa shape index (κ1) is 20.8. The van der Waals surface area contributed by atoms with E-state index < -0.39 is 5.25 Å². The summed E-state index contributed by atoms with van der Waals surface area (Å²) in [5.41, 5.74) is 2.62. The number of hydrogen-bond acceptors (Lipinski definition) is 4. The predicted octanol–water partition coefficient (Wildman–Crippen LogP) is 5.95. The van der Waals surface area contributed by atoms with Crippen molar-refractivity contribution in [1.29, 1.82) is 0 Å². The summed E-state index contributed by atoms with van der Waals surface area (Å²) in [5.74, 6) is 1.15. The number of rotatable bonds is 6. The number of hydrogen-bond donors (Lipinski definition) is 1. The molecule has 0 aromatic heterocycles. The molecule has 1 atom stereocenters. The lowest BCUT2D eigenvalue weighted by atomic mass is 9.65. The van der Waals surface area contributed by atoms with Crippen molar-refractivity contribution in [1.82, 2.24) is 0 Å². The molecule has 1 aliphatic carbocycles. The van der Waals surface area contributed by atoms with Crippen molar-refractivity contribution in [3.8, 4) is 11.5 Å². The van der Waals surface area contributed by atoms with Gasteiger partial charge in [-0.2, -0.15) is 12.6 Å². The molecule has 3 nitrogen and oxygen atoms in total. The van der Waals surface area contributed by atoms with Gasteiger partial charge in [0, 0.05) is 5.41 Å². The van der Waals surface area contributed by atoms with Crippen molar-refractivity contribution >= 4 is 18.6 Å². The fourth-order valence-electron chi connectivity index (χ4n) is 4.07. The molecule has 2 aromatic carbocycles. The van der Waals surface area contributed by atoms with Gasteiger partial charge in [-0.1, -0.05) is 43.5 Å². The summed E-state index contributed by atoms with van der Waals surface area (Å²) in [4.78, 5) is 11.8. The summed E-state index contributed by atoms with van der Waals surface area (Å²) in [6.45, 7) is 5.79. The highest BCUT2D eigenvalue weighted by atomic mass is 32.1. The summed E-state index contributed by atoms with van der Waals surface area (Å²) in [6.07, 6.45) is 6.15. The van der Waals surface area contributed by atoms with Gasteiger partial charge in [-0.25, -0.2) is 0 Å². The third-order valence-electron chi connectivity index (χ3n) is 5.45. The van der Waals surface area contributed by atoms with Crippen LogP contribution in [0.3, 0.4) is 0 Å². The van der Waals surface area contributed by atoms with E-state index in [-0.39, 0.29) is 17.5 Å². The van der Waals surface area contributed by atoms with Gasteiger partial charge in [-0.05, 0) is 69.0 Å². The molecule has 1 fully saturated rings. The van der Waals surface area contributed by atoms with E-state index in [9.17, 15) is 4.79 Å². The topological polar surface area (TPSA) is 35.5 Å². The average Bonchev–Trinajstić information content (AvgIpc) is 2.69. The highest BCUT2D eigenvalue weighted by Gasteiger charge is 2.35. The maximum absolute atomic E-state index is 11.8. The van der Waals surface area contributed by atoms with Crippen molar-refractivity contribution in [2.75, 3.05) is 0 Å². The molecule has 2 aromatic rings. The van der Waals surface area contributed by atoms with Crippen LogP contribution in [-0.2, 0) is 10.2 Å². The largest absolute Gasteiger partial charge is 0.491 e. The fourth-order valence-corrected chi connectivity index (χ4v) is 4.12. The van der Waals surface area contributed by atoms with Crippen LogP contribution in [0.5, 0.6) is 11.5 Å². The highest BCUT2D eigenvalue weighted by molar-refractivity contribution is 7.81. The van der Waals surface area contributed by atoms with Crippen molar-refractivity contribution in [2.45, 2.75) is 69.6 Å². The molecule has 0 spiro atoms. The number of carbonyl (C=O) groups is 1. The maximum atomic E-state index is 11.8. The first-order chi connectivity index (χ1) is 13.4. The lowest BCUT2D eigenvalue weighted by molar-refractivity contribution is -0.133. The van der Waals surface area contributed by atoms with E-state index in [0.717, 1.165) is 18.6 Å². The molecule has 0 bridgehead atoms. The Morgan fingerprint density at radius 1 is 0.857 bits per heavy atom. The minimum absolute atomic E-state index is 0.00792. The van der Waals surface area contributed by atoms with Gasteiger partial charge >= 0.3 is 5.97 Å². The smallest absolute Gasteiger partial charge is 0.323 e. The Morgan fingerprint density at radius 2 is 1.36 bits per heavy atom. The van der Waals surface area contributed by atoms with Crippen LogP contribution in [0.15, 0.2) is 48.5 Å². The molecule has 4 heteroatoms. The van der Waals surface area contributed by atoms with E-state index in [1.165, 1.54) is 30.4 Å².